The molecular formula is C13H14ClN3O3. The van der Waals surface area contributed by atoms with Gasteiger partial charge in [0.1, 0.15) is 10.8 Å². The van der Waals surface area contributed by atoms with Gasteiger partial charge in [0.25, 0.3) is 5.91 Å². The Labute approximate surface area is 120 Å². The lowest BCUT2D eigenvalue weighted by molar-refractivity contribution is 0.0948. The standard InChI is InChI=1S/C13H14ClN3O3/c14-10-11(16-17-6-2-8-20-13(10)17)12(18)15-5-4-9-3-1-7-19-9/h1,3,7H,2,4-6,8H2,(H,15,18). The smallest absolute Gasteiger partial charge is 0.273 e. The molecule has 20 heavy (non-hydrogen) atoms. The summed E-state index contributed by atoms with van der Waals surface area (Å²) in [6, 6.07) is 3.68. The first kappa shape index (κ1) is 13.1. The van der Waals surface area contributed by atoms with Crippen molar-refractivity contribution in [1.29, 1.82) is 0 Å². The molecule has 0 aliphatic carbocycles. The quantitative estimate of drug-likeness (QED) is 0.935. The van der Waals surface area contributed by atoms with Crippen molar-refractivity contribution in [2.45, 2.75) is 19.4 Å². The summed E-state index contributed by atoms with van der Waals surface area (Å²) in [6.45, 7) is 1.78. The number of rotatable bonds is 4. The minimum absolute atomic E-state index is 0.211. The number of nitrogens with one attached hydrogen (secondary N) is 1. The number of aromatic nitrogens is 2. The van der Waals surface area contributed by atoms with Gasteiger partial charge in [-0.2, -0.15) is 5.10 Å². The van der Waals surface area contributed by atoms with Crippen LogP contribution in [-0.2, 0) is 13.0 Å². The topological polar surface area (TPSA) is 69.3 Å². The SMILES string of the molecule is O=C(NCCc1ccco1)c1nn2c(c1Cl)OCCC2. The predicted octanol–water partition coefficient (Wildman–Crippen LogP) is 1.88. The number of halogens is 1. The average molecular weight is 296 g/mol. The zero-order chi connectivity index (χ0) is 13.9. The fraction of sp³-hybridized carbons (Fsp3) is 0.385. The molecule has 0 unspecified atom stereocenters. The summed E-state index contributed by atoms with van der Waals surface area (Å²) in [5.74, 6) is 1.00. The maximum absolute atomic E-state index is 12.1. The van der Waals surface area contributed by atoms with Crippen LogP contribution in [0.4, 0.5) is 0 Å². The van der Waals surface area contributed by atoms with Crippen LogP contribution in [0.2, 0.25) is 5.02 Å². The molecule has 0 saturated carbocycles. The Kier molecular flexibility index (Phi) is 3.64. The second-order valence-corrected chi connectivity index (χ2v) is 4.86. The zero-order valence-corrected chi connectivity index (χ0v) is 11.5. The van der Waals surface area contributed by atoms with Gasteiger partial charge in [-0.15, -0.1) is 0 Å². The van der Waals surface area contributed by atoms with Gasteiger partial charge in [-0.05, 0) is 12.1 Å². The fourth-order valence-electron chi connectivity index (χ4n) is 2.08. The van der Waals surface area contributed by atoms with Crippen molar-refractivity contribution in [3.05, 3.63) is 34.9 Å². The number of aryl methyl sites for hydroxylation is 1. The maximum Gasteiger partial charge on any atom is 0.273 e. The third-order valence-corrected chi connectivity index (χ3v) is 3.40. The summed E-state index contributed by atoms with van der Waals surface area (Å²) in [4.78, 5) is 12.1. The Hall–Kier alpha value is -1.95. The van der Waals surface area contributed by atoms with Gasteiger partial charge < -0.3 is 14.5 Å². The normalized spacial score (nSPS) is 13.7. The number of furan rings is 1. The predicted molar refractivity (Wildman–Crippen MR) is 72.1 cm³/mol. The van der Waals surface area contributed by atoms with Crippen molar-refractivity contribution in [2.24, 2.45) is 0 Å². The number of nitrogens with zero attached hydrogens (tertiary/aromatic N) is 2. The van der Waals surface area contributed by atoms with Crippen LogP contribution in [0.1, 0.15) is 22.7 Å². The number of ether oxygens (including phenoxy) is 1. The summed E-state index contributed by atoms with van der Waals surface area (Å²) in [7, 11) is 0. The summed E-state index contributed by atoms with van der Waals surface area (Å²) < 4.78 is 12.2. The number of hydrogen-bond acceptors (Lipinski definition) is 4. The third kappa shape index (κ3) is 2.51. The van der Waals surface area contributed by atoms with Crippen molar-refractivity contribution in [1.82, 2.24) is 15.1 Å². The average Bonchev–Trinajstić information content (AvgIpc) is 3.08. The highest BCUT2D eigenvalue weighted by molar-refractivity contribution is 6.34. The van der Waals surface area contributed by atoms with Gasteiger partial charge >= 0.3 is 0 Å². The van der Waals surface area contributed by atoms with E-state index in [4.69, 9.17) is 20.8 Å². The minimum Gasteiger partial charge on any atom is -0.477 e. The highest BCUT2D eigenvalue weighted by Gasteiger charge is 2.24. The molecule has 106 valence electrons. The Balaban J connectivity index is 1.63. The number of carbonyl (C=O) groups excluding carboxylic acids is 1. The summed E-state index contributed by atoms with van der Waals surface area (Å²) in [5.41, 5.74) is 0.211. The van der Waals surface area contributed by atoms with Gasteiger partial charge in [-0.3, -0.25) is 4.79 Å². The first-order valence-electron chi connectivity index (χ1n) is 6.45. The maximum atomic E-state index is 12.1. The minimum atomic E-state index is -0.299. The first-order valence-corrected chi connectivity index (χ1v) is 6.83. The van der Waals surface area contributed by atoms with Gasteiger partial charge in [0.2, 0.25) is 5.88 Å². The van der Waals surface area contributed by atoms with Crippen LogP contribution in [0.25, 0.3) is 0 Å². The molecule has 3 rings (SSSR count). The Morgan fingerprint density at radius 3 is 3.20 bits per heavy atom. The molecular weight excluding hydrogens is 282 g/mol. The van der Waals surface area contributed by atoms with E-state index in [9.17, 15) is 4.79 Å². The van der Waals surface area contributed by atoms with E-state index in [2.05, 4.69) is 10.4 Å². The molecule has 0 atom stereocenters. The summed E-state index contributed by atoms with van der Waals surface area (Å²) >= 11 is 6.13. The Morgan fingerprint density at radius 2 is 2.45 bits per heavy atom. The molecule has 2 aromatic heterocycles. The van der Waals surface area contributed by atoms with E-state index in [1.807, 2.05) is 12.1 Å². The summed E-state index contributed by atoms with van der Waals surface area (Å²) in [6.07, 6.45) is 3.10. The monoisotopic (exact) mass is 295 g/mol. The van der Waals surface area contributed by atoms with E-state index >= 15 is 0 Å². The largest absolute Gasteiger partial charge is 0.477 e. The molecule has 0 fully saturated rings. The fourth-order valence-corrected chi connectivity index (χ4v) is 2.36. The van der Waals surface area contributed by atoms with Crippen LogP contribution in [0, 0.1) is 0 Å². The van der Waals surface area contributed by atoms with E-state index in [0.29, 0.717) is 32.0 Å². The molecule has 0 aromatic carbocycles. The van der Waals surface area contributed by atoms with E-state index < -0.39 is 0 Å². The van der Waals surface area contributed by atoms with E-state index in [1.54, 1.807) is 10.9 Å². The molecule has 0 saturated heterocycles. The first-order chi connectivity index (χ1) is 9.75. The van der Waals surface area contributed by atoms with Crippen molar-refractivity contribution in [3.8, 4) is 5.88 Å². The van der Waals surface area contributed by atoms with Crippen molar-refractivity contribution in [3.63, 3.8) is 0 Å². The van der Waals surface area contributed by atoms with Crippen molar-refractivity contribution >= 4 is 17.5 Å². The van der Waals surface area contributed by atoms with E-state index in [1.165, 1.54) is 0 Å². The van der Waals surface area contributed by atoms with Gasteiger partial charge in [-0.1, -0.05) is 11.6 Å². The lowest BCUT2D eigenvalue weighted by Gasteiger charge is -2.14. The Bertz CT molecular complexity index is 607. The van der Waals surface area contributed by atoms with Crippen LogP contribution in [-0.4, -0.2) is 28.8 Å². The van der Waals surface area contributed by atoms with E-state index in [0.717, 1.165) is 12.2 Å². The molecule has 6 nitrogen and oxygen atoms in total. The lowest BCUT2D eigenvalue weighted by Crippen LogP contribution is -2.26. The van der Waals surface area contributed by atoms with Crippen LogP contribution in [0.5, 0.6) is 5.88 Å². The van der Waals surface area contributed by atoms with Crippen LogP contribution in [0.15, 0.2) is 22.8 Å². The van der Waals surface area contributed by atoms with Crippen LogP contribution in [0.3, 0.4) is 0 Å². The zero-order valence-electron chi connectivity index (χ0n) is 10.8. The second-order valence-electron chi connectivity index (χ2n) is 4.48. The van der Waals surface area contributed by atoms with Crippen LogP contribution < -0.4 is 10.1 Å². The highest BCUT2D eigenvalue weighted by atomic mass is 35.5. The second kappa shape index (κ2) is 5.58. The van der Waals surface area contributed by atoms with Crippen molar-refractivity contribution in [2.75, 3.05) is 13.2 Å². The molecule has 0 bridgehead atoms. The van der Waals surface area contributed by atoms with Gasteiger partial charge in [0.15, 0.2) is 5.69 Å². The highest BCUT2D eigenvalue weighted by Crippen LogP contribution is 2.30. The number of fused-ring (bicyclic) bond motifs is 1. The molecule has 0 radical (unpaired) electrons. The molecule has 1 aliphatic rings. The van der Waals surface area contributed by atoms with Gasteiger partial charge in [-0.25, -0.2) is 4.68 Å². The van der Waals surface area contributed by atoms with Crippen molar-refractivity contribution < 1.29 is 13.9 Å². The van der Waals surface area contributed by atoms with Gasteiger partial charge in [0, 0.05) is 25.9 Å². The molecule has 1 aliphatic heterocycles. The van der Waals surface area contributed by atoms with Crippen LogP contribution >= 0.6 is 11.6 Å². The van der Waals surface area contributed by atoms with E-state index in [-0.39, 0.29) is 16.6 Å². The molecule has 0 spiro atoms. The number of hydrogen-bond donors (Lipinski definition) is 1. The molecule has 7 heteroatoms. The molecule has 1 amide bonds. The lowest BCUT2D eigenvalue weighted by atomic mass is 10.3. The number of amides is 1. The molecule has 3 heterocycles. The molecule has 1 N–H and O–H groups in total. The third-order valence-electron chi connectivity index (χ3n) is 3.06. The summed E-state index contributed by atoms with van der Waals surface area (Å²) in [5, 5.41) is 7.24. The number of carbonyl (C=O) groups is 1. The van der Waals surface area contributed by atoms with Gasteiger partial charge in [0.05, 0.1) is 12.9 Å². The molecule has 2 aromatic rings. The Morgan fingerprint density at radius 1 is 1.55 bits per heavy atom.